The molecule has 1 amide bonds. The van der Waals surface area contributed by atoms with Crippen LogP contribution in [-0.2, 0) is 6.18 Å². The highest BCUT2D eigenvalue weighted by atomic mass is 19.4. The number of fused-ring (bicyclic) bond motifs is 1. The van der Waals surface area contributed by atoms with Crippen molar-refractivity contribution in [3.8, 4) is 0 Å². The van der Waals surface area contributed by atoms with Crippen molar-refractivity contribution >= 4 is 28.3 Å². The van der Waals surface area contributed by atoms with Crippen molar-refractivity contribution in [2.75, 3.05) is 31.1 Å². The summed E-state index contributed by atoms with van der Waals surface area (Å²) < 4.78 is 39.6. The van der Waals surface area contributed by atoms with Crippen LogP contribution in [0.1, 0.15) is 15.9 Å². The second-order valence-electron chi connectivity index (χ2n) is 6.87. The van der Waals surface area contributed by atoms with Gasteiger partial charge in [-0.05, 0) is 30.3 Å². The number of aromatic nitrogens is 2. The van der Waals surface area contributed by atoms with Crippen LogP contribution in [0.4, 0.5) is 24.5 Å². The van der Waals surface area contributed by atoms with Gasteiger partial charge in [-0.3, -0.25) is 14.9 Å². The normalized spacial score (nSPS) is 14.9. The van der Waals surface area contributed by atoms with Crippen molar-refractivity contribution in [2.45, 2.75) is 6.18 Å². The molecule has 3 aromatic rings. The Bertz CT molecular complexity index is 1120. The van der Waals surface area contributed by atoms with Crippen molar-refractivity contribution in [1.29, 1.82) is 0 Å². The van der Waals surface area contributed by atoms with Gasteiger partial charge in [-0.25, -0.2) is 4.98 Å². The van der Waals surface area contributed by atoms with Gasteiger partial charge in [-0.1, -0.05) is 0 Å². The average molecular weight is 419 g/mol. The third kappa shape index (κ3) is 3.65. The minimum atomic E-state index is -4.83. The molecule has 1 saturated heterocycles. The van der Waals surface area contributed by atoms with E-state index >= 15 is 0 Å². The first kappa shape index (κ1) is 19.7. The maximum Gasteiger partial charge on any atom is 0.423 e. The number of H-pyrrole nitrogens is 1. The van der Waals surface area contributed by atoms with E-state index in [9.17, 15) is 28.1 Å². The predicted octanol–water partition coefficient (Wildman–Crippen LogP) is 3.45. The SMILES string of the molecule is O=C(c1ccc2nc[nH]c2c1)N1CCN(c2ccc([N+](=O)[O-])c(C(F)(F)F)c2)CC1. The third-order valence-corrected chi connectivity index (χ3v) is 5.08. The smallest absolute Gasteiger partial charge is 0.368 e. The van der Waals surface area contributed by atoms with Crippen molar-refractivity contribution in [3.63, 3.8) is 0 Å². The number of halogens is 3. The number of piperazine rings is 1. The fraction of sp³-hybridized carbons (Fsp3) is 0.263. The van der Waals surface area contributed by atoms with Crippen LogP contribution < -0.4 is 4.90 Å². The Hall–Kier alpha value is -3.63. The molecule has 2 heterocycles. The van der Waals surface area contributed by atoms with Gasteiger partial charge in [0.05, 0.1) is 22.3 Å². The minimum absolute atomic E-state index is 0.175. The number of amides is 1. The van der Waals surface area contributed by atoms with E-state index < -0.39 is 22.4 Å². The summed E-state index contributed by atoms with van der Waals surface area (Å²) in [6.45, 7) is 1.26. The number of hydrogen-bond acceptors (Lipinski definition) is 5. The molecule has 0 aliphatic carbocycles. The molecule has 30 heavy (non-hydrogen) atoms. The number of nitrogens with zero attached hydrogens (tertiary/aromatic N) is 4. The van der Waals surface area contributed by atoms with Crippen molar-refractivity contribution < 1.29 is 22.9 Å². The highest BCUT2D eigenvalue weighted by molar-refractivity contribution is 5.97. The second-order valence-corrected chi connectivity index (χ2v) is 6.87. The Balaban J connectivity index is 1.49. The molecule has 1 aliphatic heterocycles. The molecule has 156 valence electrons. The monoisotopic (exact) mass is 419 g/mol. The van der Waals surface area contributed by atoms with Crippen LogP contribution in [-0.4, -0.2) is 51.9 Å². The van der Waals surface area contributed by atoms with Crippen LogP contribution in [0, 0.1) is 10.1 Å². The Morgan fingerprint density at radius 1 is 1.10 bits per heavy atom. The molecule has 8 nitrogen and oxygen atoms in total. The van der Waals surface area contributed by atoms with Crippen LogP contribution in [0.25, 0.3) is 11.0 Å². The van der Waals surface area contributed by atoms with Gasteiger partial charge in [0.25, 0.3) is 11.6 Å². The maximum atomic E-state index is 13.2. The number of aromatic amines is 1. The first-order valence-corrected chi connectivity index (χ1v) is 9.07. The highest BCUT2D eigenvalue weighted by Crippen LogP contribution is 2.38. The van der Waals surface area contributed by atoms with Crippen LogP contribution in [0.5, 0.6) is 0 Å². The number of nitro groups is 1. The van der Waals surface area contributed by atoms with E-state index in [0.29, 0.717) is 31.7 Å². The molecule has 0 bridgehead atoms. The molecule has 1 fully saturated rings. The maximum absolute atomic E-state index is 13.2. The largest absolute Gasteiger partial charge is 0.423 e. The molecule has 11 heteroatoms. The van der Waals surface area contributed by atoms with E-state index in [-0.39, 0.29) is 11.6 Å². The zero-order valence-corrected chi connectivity index (χ0v) is 15.5. The van der Waals surface area contributed by atoms with Crippen LogP contribution >= 0.6 is 0 Å². The van der Waals surface area contributed by atoms with Crippen molar-refractivity contribution in [3.05, 3.63) is 64.0 Å². The van der Waals surface area contributed by atoms with Gasteiger partial charge in [0.1, 0.15) is 5.56 Å². The summed E-state index contributed by atoms with van der Waals surface area (Å²) in [5.41, 5.74) is -0.0421. The molecule has 0 atom stereocenters. The molecule has 0 spiro atoms. The quantitative estimate of drug-likeness (QED) is 0.518. The Morgan fingerprint density at radius 2 is 1.83 bits per heavy atom. The molecular formula is C19H16F3N5O3. The molecule has 4 rings (SSSR count). The molecule has 0 saturated carbocycles. The zero-order valence-electron chi connectivity index (χ0n) is 15.5. The molecule has 0 radical (unpaired) electrons. The fourth-order valence-corrected chi connectivity index (χ4v) is 3.53. The summed E-state index contributed by atoms with van der Waals surface area (Å²) in [5, 5.41) is 10.9. The summed E-state index contributed by atoms with van der Waals surface area (Å²) in [6, 6.07) is 8.10. The first-order chi connectivity index (χ1) is 14.2. The Kier molecular flexibility index (Phi) is 4.80. The number of anilines is 1. The lowest BCUT2D eigenvalue weighted by Crippen LogP contribution is -2.48. The topological polar surface area (TPSA) is 95.4 Å². The number of alkyl halides is 3. The van der Waals surface area contributed by atoms with Gasteiger partial charge in [0.15, 0.2) is 0 Å². The lowest BCUT2D eigenvalue weighted by molar-refractivity contribution is -0.388. The number of hydrogen-bond donors (Lipinski definition) is 1. The van der Waals surface area contributed by atoms with Gasteiger partial charge >= 0.3 is 6.18 Å². The number of imidazole rings is 1. The highest BCUT2D eigenvalue weighted by Gasteiger charge is 2.39. The minimum Gasteiger partial charge on any atom is -0.368 e. The molecule has 2 aromatic carbocycles. The number of nitro benzene ring substituents is 1. The summed E-state index contributed by atoms with van der Waals surface area (Å²) in [6.07, 6.45) is -3.29. The number of carbonyl (C=O) groups excluding carboxylic acids is 1. The lowest BCUT2D eigenvalue weighted by atomic mass is 10.1. The summed E-state index contributed by atoms with van der Waals surface area (Å²) in [5.74, 6) is -0.175. The number of carbonyl (C=O) groups is 1. The lowest BCUT2D eigenvalue weighted by Gasteiger charge is -2.36. The first-order valence-electron chi connectivity index (χ1n) is 9.07. The number of nitrogens with one attached hydrogen (secondary N) is 1. The predicted molar refractivity (Wildman–Crippen MR) is 102 cm³/mol. The summed E-state index contributed by atoms with van der Waals surface area (Å²) >= 11 is 0. The average Bonchev–Trinajstić information content (AvgIpc) is 3.20. The number of rotatable bonds is 3. The molecule has 0 unspecified atom stereocenters. The second kappa shape index (κ2) is 7.32. The van der Waals surface area contributed by atoms with E-state index in [1.807, 2.05) is 0 Å². The Morgan fingerprint density at radius 3 is 2.50 bits per heavy atom. The summed E-state index contributed by atoms with van der Waals surface area (Å²) in [7, 11) is 0. The number of benzene rings is 2. The Labute approximate surface area is 168 Å². The van der Waals surface area contributed by atoms with Crippen molar-refractivity contribution in [2.24, 2.45) is 0 Å². The van der Waals surface area contributed by atoms with E-state index in [2.05, 4.69) is 9.97 Å². The van der Waals surface area contributed by atoms with Crippen LogP contribution in [0.15, 0.2) is 42.7 Å². The molecular weight excluding hydrogens is 403 g/mol. The third-order valence-electron chi connectivity index (χ3n) is 5.08. The standard InChI is InChI=1S/C19H16F3N5O3/c20-19(21,22)14-10-13(2-4-17(14)27(29)30)25-5-7-26(8-6-25)18(28)12-1-3-15-16(9-12)24-11-23-15/h1-4,9-11H,5-8H2,(H,23,24). The molecule has 1 aromatic heterocycles. The fourth-order valence-electron chi connectivity index (χ4n) is 3.53. The zero-order chi connectivity index (χ0) is 21.5. The van der Waals surface area contributed by atoms with E-state index in [1.165, 1.54) is 12.4 Å². The van der Waals surface area contributed by atoms with Gasteiger partial charge in [-0.15, -0.1) is 0 Å². The van der Waals surface area contributed by atoms with Gasteiger partial charge in [0, 0.05) is 43.5 Å². The van der Waals surface area contributed by atoms with Gasteiger partial charge in [0.2, 0.25) is 0 Å². The van der Waals surface area contributed by atoms with Gasteiger partial charge in [-0.2, -0.15) is 13.2 Å². The van der Waals surface area contributed by atoms with Gasteiger partial charge < -0.3 is 14.8 Å². The van der Waals surface area contributed by atoms with Crippen LogP contribution in [0.3, 0.4) is 0 Å². The van der Waals surface area contributed by atoms with E-state index in [0.717, 1.165) is 23.2 Å². The van der Waals surface area contributed by atoms with Crippen LogP contribution in [0.2, 0.25) is 0 Å². The molecule has 1 N–H and O–H groups in total. The van der Waals surface area contributed by atoms with Crippen molar-refractivity contribution in [1.82, 2.24) is 14.9 Å². The van der Waals surface area contributed by atoms with E-state index in [4.69, 9.17) is 0 Å². The molecule has 1 aliphatic rings. The van der Waals surface area contributed by atoms with E-state index in [1.54, 1.807) is 28.0 Å². The summed E-state index contributed by atoms with van der Waals surface area (Å²) in [4.78, 5) is 33.0.